The molecule has 0 spiro atoms. The van der Waals surface area contributed by atoms with Gasteiger partial charge in [0.25, 0.3) is 0 Å². The van der Waals surface area contributed by atoms with Crippen LogP contribution in [0.2, 0.25) is 0 Å². The van der Waals surface area contributed by atoms with E-state index in [2.05, 4.69) is 0 Å². The van der Waals surface area contributed by atoms with Crippen LogP contribution in [0.1, 0.15) is 17.3 Å². The van der Waals surface area contributed by atoms with Crippen molar-refractivity contribution in [2.45, 2.75) is 19.1 Å². The molecule has 2 amide bonds. The van der Waals surface area contributed by atoms with Crippen molar-refractivity contribution in [3.8, 4) is 0 Å². The number of ether oxygens (including phenoxy) is 2. The van der Waals surface area contributed by atoms with Gasteiger partial charge in [0.2, 0.25) is 11.8 Å². The van der Waals surface area contributed by atoms with E-state index in [9.17, 15) is 14.4 Å². The molecule has 2 bridgehead atoms. The molecule has 118 valence electrons. The quantitative estimate of drug-likeness (QED) is 0.478. The Hall–Kier alpha value is -2.47. The number of hydrogen-bond acceptors (Lipinski definition) is 5. The van der Waals surface area contributed by atoms with Gasteiger partial charge in [-0.1, -0.05) is 18.2 Å². The van der Waals surface area contributed by atoms with Gasteiger partial charge in [0, 0.05) is 0 Å². The average molecular weight is 313 g/mol. The maximum atomic E-state index is 12.7. The van der Waals surface area contributed by atoms with Crippen LogP contribution in [0, 0.1) is 11.8 Å². The van der Waals surface area contributed by atoms with Gasteiger partial charge in [-0.05, 0) is 25.1 Å². The molecule has 3 aliphatic heterocycles. The topological polar surface area (TPSA) is 72.9 Å². The third-order valence-electron chi connectivity index (χ3n) is 4.53. The standard InChI is InChI=1S/C17H15NO5/c1-2-22-17(21)9-4-3-5-10(8-9)18-15(19)13-11-6-7-12(23-11)14(13)16(18)20/h3-8,11-14H,2H2,1H3/t11-,12-,13-,14-/m0/s1. The van der Waals surface area contributed by atoms with Gasteiger partial charge >= 0.3 is 5.97 Å². The SMILES string of the molecule is CCOC(=O)c1cccc(N2C(=O)[C@@H]3[C@@H](C2=O)[C@@H]2C=C[C@@H]3O2)c1. The van der Waals surface area contributed by atoms with Gasteiger partial charge in [-0.3, -0.25) is 9.59 Å². The van der Waals surface area contributed by atoms with Crippen LogP contribution in [0.5, 0.6) is 0 Å². The molecule has 2 fully saturated rings. The number of amides is 2. The number of nitrogens with zero attached hydrogens (tertiary/aromatic N) is 1. The first-order valence-electron chi connectivity index (χ1n) is 7.60. The minimum atomic E-state index is -0.473. The van der Waals surface area contributed by atoms with E-state index >= 15 is 0 Å². The van der Waals surface area contributed by atoms with E-state index < -0.39 is 17.8 Å². The Morgan fingerprint density at radius 2 is 1.83 bits per heavy atom. The van der Waals surface area contributed by atoms with Gasteiger partial charge in [-0.25, -0.2) is 9.69 Å². The van der Waals surface area contributed by atoms with Crippen molar-refractivity contribution in [1.29, 1.82) is 0 Å². The molecular formula is C17H15NO5. The fourth-order valence-electron chi connectivity index (χ4n) is 3.54. The number of carbonyl (C=O) groups excluding carboxylic acids is 3. The normalized spacial score (nSPS) is 30.9. The molecule has 4 rings (SSSR count). The van der Waals surface area contributed by atoms with Gasteiger partial charge in [0.05, 0.1) is 41.9 Å². The average Bonchev–Trinajstić information content (AvgIpc) is 3.22. The third-order valence-corrected chi connectivity index (χ3v) is 4.53. The fraction of sp³-hybridized carbons (Fsp3) is 0.353. The first-order chi connectivity index (χ1) is 11.1. The number of hydrogen-bond donors (Lipinski definition) is 0. The van der Waals surface area contributed by atoms with E-state index in [1.165, 1.54) is 11.0 Å². The molecule has 4 atom stereocenters. The Balaban J connectivity index is 1.67. The lowest BCUT2D eigenvalue weighted by Crippen LogP contribution is -2.34. The third kappa shape index (κ3) is 1.95. The molecule has 6 nitrogen and oxygen atoms in total. The van der Waals surface area contributed by atoms with Crippen molar-refractivity contribution in [2.24, 2.45) is 11.8 Å². The Labute approximate surface area is 132 Å². The summed E-state index contributed by atoms with van der Waals surface area (Å²) in [5.74, 6) is -1.91. The second kappa shape index (κ2) is 5.03. The summed E-state index contributed by atoms with van der Waals surface area (Å²) in [5.41, 5.74) is 0.721. The van der Waals surface area contributed by atoms with E-state index in [4.69, 9.17) is 9.47 Å². The monoisotopic (exact) mass is 313 g/mol. The second-order valence-electron chi connectivity index (χ2n) is 5.78. The molecule has 3 aliphatic rings. The van der Waals surface area contributed by atoms with Crippen LogP contribution in [0.25, 0.3) is 0 Å². The maximum Gasteiger partial charge on any atom is 0.338 e. The summed E-state index contributed by atoms with van der Waals surface area (Å²) in [7, 11) is 0. The second-order valence-corrected chi connectivity index (χ2v) is 5.78. The number of anilines is 1. The van der Waals surface area contributed by atoms with Crippen LogP contribution in [-0.4, -0.2) is 36.6 Å². The summed E-state index contributed by atoms with van der Waals surface area (Å²) in [4.78, 5) is 38.4. The molecule has 0 aromatic heterocycles. The molecule has 0 saturated carbocycles. The van der Waals surface area contributed by atoms with Gasteiger partial charge in [0.1, 0.15) is 0 Å². The fourth-order valence-corrected chi connectivity index (χ4v) is 3.54. The Bertz CT molecular complexity index is 710. The Morgan fingerprint density at radius 3 is 2.43 bits per heavy atom. The maximum absolute atomic E-state index is 12.7. The van der Waals surface area contributed by atoms with Crippen LogP contribution >= 0.6 is 0 Å². The lowest BCUT2D eigenvalue weighted by Gasteiger charge is -2.18. The lowest BCUT2D eigenvalue weighted by molar-refractivity contribution is -0.124. The summed E-state index contributed by atoms with van der Waals surface area (Å²) in [6.45, 7) is 1.99. The van der Waals surface area contributed by atoms with Crippen molar-refractivity contribution in [2.75, 3.05) is 11.5 Å². The van der Waals surface area contributed by atoms with Crippen LogP contribution in [0.15, 0.2) is 36.4 Å². The summed E-state index contributed by atoms with van der Waals surface area (Å²) in [6, 6.07) is 6.40. The van der Waals surface area contributed by atoms with E-state index in [0.717, 1.165) is 0 Å². The number of imide groups is 1. The minimum Gasteiger partial charge on any atom is -0.462 e. The molecule has 1 aromatic rings. The summed E-state index contributed by atoms with van der Waals surface area (Å²) < 4.78 is 10.6. The van der Waals surface area contributed by atoms with Crippen molar-refractivity contribution in [1.82, 2.24) is 0 Å². The summed E-state index contributed by atoms with van der Waals surface area (Å²) >= 11 is 0. The molecule has 0 N–H and O–H groups in total. The zero-order valence-electron chi connectivity index (χ0n) is 12.5. The van der Waals surface area contributed by atoms with Gasteiger partial charge in [0.15, 0.2) is 0 Å². The van der Waals surface area contributed by atoms with Crippen LogP contribution in [0.3, 0.4) is 0 Å². The molecule has 1 aromatic carbocycles. The summed E-state index contributed by atoms with van der Waals surface area (Å²) in [6.07, 6.45) is 3.05. The Kier molecular flexibility index (Phi) is 3.09. The van der Waals surface area contributed by atoms with E-state index in [-0.39, 0.29) is 30.6 Å². The number of carbonyl (C=O) groups is 3. The first kappa shape index (κ1) is 14.1. The number of rotatable bonds is 3. The van der Waals surface area contributed by atoms with Gasteiger partial charge < -0.3 is 9.47 Å². The number of benzene rings is 1. The highest BCUT2D eigenvalue weighted by atomic mass is 16.5. The molecule has 0 unspecified atom stereocenters. The van der Waals surface area contributed by atoms with Crippen molar-refractivity contribution < 1.29 is 23.9 Å². The van der Waals surface area contributed by atoms with Crippen molar-refractivity contribution >= 4 is 23.5 Å². The van der Waals surface area contributed by atoms with E-state index in [1.807, 2.05) is 12.2 Å². The van der Waals surface area contributed by atoms with Crippen LogP contribution < -0.4 is 4.90 Å². The first-order valence-corrected chi connectivity index (χ1v) is 7.60. The number of fused-ring (bicyclic) bond motifs is 5. The van der Waals surface area contributed by atoms with Gasteiger partial charge in [-0.2, -0.15) is 0 Å². The molecule has 0 radical (unpaired) electrons. The molecule has 2 saturated heterocycles. The van der Waals surface area contributed by atoms with E-state index in [0.29, 0.717) is 11.3 Å². The zero-order chi connectivity index (χ0) is 16.1. The molecule has 6 heteroatoms. The highest BCUT2D eigenvalue weighted by Gasteiger charge is 2.61. The van der Waals surface area contributed by atoms with Crippen LogP contribution in [0.4, 0.5) is 5.69 Å². The minimum absolute atomic E-state index is 0.265. The van der Waals surface area contributed by atoms with Crippen molar-refractivity contribution in [3.05, 3.63) is 42.0 Å². The van der Waals surface area contributed by atoms with Crippen molar-refractivity contribution in [3.63, 3.8) is 0 Å². The smallest absolute Gasteiger partial charge is 0.338 e. The Morgan fingerprint density at radius 1 is 1.17 bits per heavy atom. The molecular weight excluding hydrogens is 298 g/mol. The highest BCUT2D eigenvalue weighted by Crippen LogP contribution is 2.46. The molecule has 23 heavy (non-hydrogen) atoms. The zero-order valence-corrected chi connectivity index (χ0v) is 12.5. The highest BCUT2D eigenvalue weighted by molar-refractivity contribution is 6.23. The predicted octanol–water partition coefficient (Wildman–Crippen LogP) is 1.31. The molecule has 0 aliphatic carbocycles. The van der Waals surface area contributed by atoms with E-state index in [1.54, 1.807) is 25.1 Å². The van der Waals surface area contributed by atoms with Gasteiger partial charge in [-0.15, -0.1) is 0 Å². The van der Waals surface area contributed by atoms with Crippen LogP contribution in [-0.2, 0) is 19.1 Å². The largest absolute Gasteiger partial charge is 0.462 e. The molecule has 3 heterocycles. The summed E-state index contributed by atoms with van der Waals surface area (Å²) in [5, 5.41) is 0. The predicted molar refractivity (Wildman–Crippen MR) is 79.7 cm³/mol. The number of esters is 1. The lowest BCUT2D eigenvalue weighted by atomic mass is 9.85.